The summed E-state index contributed by atoms with van der Waals surface area (Å²) in [5.41, 5.74) is 4.24. The van der Waals surface area contributed by atoms with Crippen molar-refractivity contribution in [1.29, 1.82) is 0 Å². The first-order valence-electron chi connectivity index (χ1n) is 8.51. The summed E-state index contributed by atoms with van der Waals surface area (Å²) in [4.78, 5) is 22.4. The molecule has 1 N–H and O–H groups in total. The van der Waals surface area contributed by atoms with Crippen molar-refractivity contribution in [3.63, 3.8) is 0 Å². The summed E-state index contributed by atoms with van der Waals surface area (Å²) in [7, 11) is 0. The molecular formula is C17H23N5O. The molecule has 23 heavy (non-hydrogen) atoms. The molecule has 1 saturated carbocycles. The van der Waals surface area contributed by atoms with Gasteiger partial charge in [0.25, 0.3) is 5.56 Å². The number of aromatic nitrogens is 4. The molecule has 0 atom stereocenters. The normalized spacial score (nSPS) is 18.2. The first kappa shape index (κ1) is 14.6. The van der Waals surface area contributed by atoms with Crippen molar-refractivity contribution in [3.05, 3.63) is 44.9 Å². The molecule has 2 aliphatic rings. The molecule has 0 radical (unpaired) electrons. The molecule has 122 valence electrons. The average Bonchev–Trinajstić information content (AvgIpc) is 3.33. The summed E-state index contributed by atoms with van der Waals surface area (Å²) in [5.74, 6) is 1.40. The van der Waals surface area contributed by atoms with Gasteiger partial charge in [0.1, 0.15) is 5.82 Å². The second-order valence-electron chi connectivity index (χ2n) is 6.71. The van der Waals surface area contributed by atoms with Gasteiger partial charge in [-0.1, -0.05) is 0 Å². The highest BCUT2D eigenvalue weighted by Gasteiger charge is 2.29. The van der Waals surface area contributed by atoms with Gasteiger partial charge in [0.2, 0.25) is 0 Å². The van der Waals surface area contributed by atoms with E-state index in [1.54, 1.807) is 0 Å². The van der Waals surface area contributed by atoms with Crippen LogP contribution in [0.5, 0.6) is 0 Å². The molecule has 2 aromatic rings. The third kappa shape index (κ3) is 2.83. The van der Waals surface area contributed by atoms with Crippen LogP contribution in [0.15, 0.2) is 11.0 Å². The lowest BCUT2D eigenvalue weighted by atomic mass is 10.1. The number of fused-ring (bicyclic) bond motifs is 1. The summed E-state index contributed by atoms with van der Waals surface area (Å²) in [6.07, 6.45) is 5.30. The van der Waals surface area contributed by atoms with Crippen molar-refractivity contribution < 1.29 is 0 Å². The van der Waals surface area contributed by atoms with Gasteiger partial charge in [0.05, 0.1) is 17.0 Å². The molecule has 1 aliphatic heterocycles. The number of H-pyrrole nitrogens is 1. The number of rotatable bonds is 4. The van der Waals surface area contributed by atoms with Crippen LogP contribution in [0, 0.1) is 6.92 Å². The Hall–Kier alpha value is -1.95. The van der Waals surface area contributed by atoms with E-state index in [0.29, 0.717) is 12.5 Å². The summed E-state index contributed by atoms with van der Waals surface area (Å²) >= 11 is 0. The second kappa shape index (κ2) is 5.60. The first-order chi connectivity index (χ1) is 11.1. The molecule has 0 aromatic carbocycles. The number of hydrogen-bond acceptors (Lipinski definition) is 4. The molecule has 0 bridgehead atoms. The zero-order valence-electron chi connectivity index (χ0n) is 13.8. The molecule has 6 nitrogen and oxygen atoms in total. The van der Waals surface area contributed by atoms with Gasteiger partial charge >= 0.3 is 0 Å². The minimum atomic E-state index is 0.0579. The summed E-state index contributed by atoms with van der Waals surface area (Å²) in [6, 6.07) is 0. The van der Waals surface area contributed by atoms with Crippen LogP contribution < -0.4 is 5.56 Å². The Morgan fingerprint density at radius 3 is 2.91 bits per heavy atom. The molecule has 0 saturated heterocycles. The van der Waals surface area contributed by atoms with Gasteiger partial charge in [-0.3, -0.25) is 14.4 Å². The fraction of sp³-hybridized carbons (Fsp3) is 0.588. The van der Waals surface area contributed by atoms with Crippen LogP contribution >= 0.6 is 0 Å². The van der Waals surface area contributed by atoms with Crippen molar-refractivity contribution in [1.82, 2.24) is 24.6 Å². The number of nitrogens with one attached hydrogen (secondary N) is 1. The zero-order valence-corrected chi connectivity index (χ0v) is 13.8. The van der Waals surface area contributed by atoms with E-state index in [1.807, 2.05) is 4.68 Å². The second-order valence-corrected chi connectivity index (χ2v) is 6.71. The quantitative estimate of drug-likeness (QED) is 0.933. The molecule has 0 amide bonds. The molecule has 1 aliphatic carbocycles. The molecule has 4 rings (SSSR count). The average molecular weight is 313 g/mol. The maximum Gasteiger partial charge on any atom is 0.255 e. The number of aryl methyl sites for hydroxylation is 2. The van der Waals surface area contributed by atoms with Gasteiger partial charge in [-0.2, -0.15) is 5.10 Å². The highest BCUT2D eigenvalue weighted by molar-refractivity contribution is 5.24. The Bertz CT molecular complexity index is 787. The summed E-state index contributed by atoms with van der Waals surface area (Å²) in [6.45, 7) is 7.50. The maximum atomic E-state index is 12.4. The number of nitrogens with zero attached hydrogens (tertiary/aromatic N) is 4. The van der Waals surface area contributed by atoms with Crippen molar-refractivity contribution in [2.75, 3.05) is 6.54 Å². The highest BCUT2D eigenvalue weighted by Crippen LogP contribution is 2.37. The summed E-state index contributed by atoms with van der Waals surface area (Å²) < 4.78 is 1.97. The Morgan fingerprint density at radius 2 is 2.22 bits per heavy atom. The van der Waals surface area contributed by atoms with Gasteiger partial charge in [0, 0.05) is 50.3 Å². The smallest absolute Gasteiger partial charge is 0.255 e. The van der Waals surface area contributed by atoms with E-state index in [-0.39, 0.29) is 5.56 Å². The molecule has 6 heteroatoms. The fourth-order valence-corrected chi connectivity index (χ4v) is 3.30. The van der Waals surface area contributed by atoms with E-state index in [0.717, 1.165) is 61.7 Å². The number of aromatic amines is 1. The van der Waals surface area contributed by atoms with Gasteiger partial charge in [-0.05, 0) is 26.7 Å². The lowest BCUT2D eigenvalue weighted by Gasteiger charge is -2.27. The predicted octanol–water partition coefficient (Wildman–Crippen LogP) is 1.73. The van der Waals surface area contributed by atoms with Crippen molar-refractivity contribution in [3.8, 4) is 0 Å². The van der Waals surface area contributed by atoms with Crippen LogP contribution in [-0.2, 0) is 26.1 Å². The van der Waals surface area contributed by atoms with Crippen LogP contribution in [0.2, 0.25) is 0 Å². The van der Waals surface area contributed by atoms with E-state index in [9.17, 15) is 4.79 Å². The molecule has 2 aromatic heterocycles. The topological polar surface area (TPSA) is 66.8 Å². The third-order valence-corrected chi connectivity index (χ3v) is 4.90. The monoisotopic (exact) mass is 313 g/mol. The minimum absolute atomic E-state index is 0.0579. The fourth-order valence-electron chi connectivity index (χ4n) is 3.30. The van der Waals surface area contributed by atoms with Crippen LogP contribution in [0.25, 0.3) is 0 Å². The van der Waals surface area contributed by atoms with Crippen molar-refractivity contribution in [2.24, 2.45) is 0 Å². The van der Waals surface area contributed by atoms with Crippen LogP contribution in [0.1, 0.15) is 54.0 Å². The van der Waals surface area contributed by atoms with Crippen molar-refractivity contribution >= 4 is 0 Å². The van der Waals surface area contributed by atoms with Gasteiger partial charge in [-0.25, -0.2) is 4.98 Å². The van der Waals surface area contributed by atoms with Crippen LogP contribution in [0.4, 0.5) is 0 Å². The molecule has 3 heterocycles. The minimum Gasteiger partial charge on any atom is -0.310 e. The van der Waals surface area contributed by atoms with E-state index in [4.69, 9.17) is 4.98 Å². The SMILES string of the molecule is CCn1cc(CN2CCc3nc(C4CC4)[nH]c(=O)c3C2)c(C)n1. The predicted molar refractivity (Wildman–Crippen MR) is 87.3 cm³/mol. The highest BCUT2D eigenvalue weighted by atomic mass is 16.1. The maximum absolute atomic E-state index is 12.4. The van der Waals surface area contributed by atoms with E-state index in [2.05, 4.69) is 35.0 Å². The number of hydrogen-bond donors (Lipinski definition) is 1. The largest absolute Gasteiger partial charge is 0.310 e. The first-order valence-corrected chi connectivity index (χ1v) is 8.51. The summed E-state index contributed by atoms with van der Waals surface area (Å²) in [5, 5.41) is 4.50. The zero-order chi connectivity index (χ0) is 16.0. The van der Waals surface area contributed by atoms with Crippen LogP contribution in [0.3, 0.4) is 0 Å². The van der Waals surface area contributed by atoms with Gasteiger partial charge in [0.15, 0.2) is 0 Å². The third-order valence-electron chi connectivity index (χ3n) is 4.90. The Kier molecular flexibility index (Phi) is 3.56. The lowest BCUT2D eigenvalue weighted by Crippen LogP contribution is -2.35. The van der Waals surface area contributed by atoms with E-state index in [1.165, 1.54) is 5.56 Å². The molecular weight excluding hydrogens is 290 g/mol. The van der Waals surface area contributed by atoms with Crippen molar-refractivity contribution in [2.45, 2.75) is 58.7 Å². The standard InChI is InChI=1S/C17H23N5O/c1-3-22-9-13(11(2)20-22)8-21-7-6-15-14(10-21)17(23)19-16(18-15)12-4-5-12/h9,12H,3-8,10H2,1-2H3,(H,18,19,23). The van der Waals surface area contributed by atoms with E-state index < -0.39 is 0 Å². The van der Waals surface area contributed by atoms with Gasteiger partial charge < -0.3 is 4.98 Å². The Balaban J connectivity index is 1.54. The Morgan fingerprint density at radius 1 is 1.39 bits per heavy atom. The molecule has 0 spiro atoms. The lowest BCUT2D eigenvalue weighted by molar-refractivity contribution is 0.241. The molecule has 0 unspecified atom stereocenters. The van der Waals surface area contributed by atoms with Crippen LogP contribution in [-0.4, -0.2) is 31.2 Å². The van der Waals surface area contributed by atoms with Gasteiger partial charge in [-0.15, -0.1) is 0 Å². The molecule has 1 fully saturated rings. The van der Waals surface area contributed by atoms with E-state index >= 15 is 0 Å². The Labute approximate surface area is 135 Å².